The lowest BCUT2D eigenvalue weighted by atomic mass is 10.1. The molecule has 24 heavy (non-hydrogen) atoms. The molecule has 0 aliphatic heterocycles. The summed E-state index contributed by atoms with van der Waals surface area (Å²) in [7, 11) is -3.78. The number of carboxylic acids is 1. The van der Waals surface area contributed by atoms with Crippen molar-refractivity contribution in [2.75, 3.05) is 11.1 Å². The van der Waals surface area contributed by atoms with E-state index in [4.69, 9.17) is 9.52 Å². The van der Waals surface area contributed by atoms with Gasteiger partial charge in [-0.05, 0) is 36.2 Å². The molecule has 7 nitrogen and oxygen atoms in total. The number of furan rings is 1. The maximum atomic E-state index is 12.0. The van der Waals surface area contributed by atoms with Crippen LogP contribution in [-0.4, -0.2) is 31.2 Å². The molecule has 0 aliphatic rings. The van der Waals surface area contributed by atoms with E-state index in [1.807, 2.05) is 19.1 Å². The third kappa shape index (κ3) is 4.95. The zero-order valence-electron chi connectivity index (χ0n) is 13.0. The zero-order valence-corrected chi connectivity index (χ0v) is 13.8. The lowest BCUT2D eigenvalue weighted by molar-refractivity contribution is -0.113. The predicted octanol–water partition coefficient (Wildman–Crippen LogP) is 2.09. The molecular formula is C16H17NO6S. The first-order valence-electron chi connectivity index (χ1n) is 7.20. The van der Waals surface area contributed by atoms with Crippen LogP contribution in [0.1, 0.15) is 28.8 Å². The number of aryl methyl sites for hydroxylation is 1. The van der Waals surface area contributed by atoms with Crippen LogP contribution < -0.4 is 5.32 Å². The molecule has 0 unspecified atom stereocenters. The number of anilines is 1. The van der Waals surface area contributed by atoms with Crippen molar-refractivity contribution in [3.05, 3.63) is 53.5 Å². The summed E-state index contributed by atoms with van der Waals surface area (Å²) in [6.07, 6.45) is 0.865. The third-order valence-electron chi connectivity index (χ3n) is 3.23. The van der Waals surface area contributed by atoms with E-state index in [0.29, 0.717) is 5.69 Å². The molecule has 1 heterocycles. The summed E-state index contributed by atoms with van der Waals surface area (Å²) in [5.41, 5.74) is 1.62. The first kappa shape index (κ1) is 17.7. The highest BCUT2D eigenvalue weighted by Gasteiger charge is 2.20. The van der Waals surface area contributed by atoms with Gasteiger partial charge < -0.3 is 14.8 Å². The molecule has 1 amide bonds. The number of amides is 1. The molecule has 0 fully saturated rings. The van der Waals surface area contributed by atoms with Crippen molar-refractivity contribution in [1.82, 2.24) is 0 Å². The van der Waals surface area contributed by atoms with Gasteiger partial charge in [-0.1, -0.05) is 19.1 Å². The summed E-state index contributed by atoms with van der Waals surface area (Å²) < 4.78 is 28.9. The Morgan fingerprint density at radius 2 is 1.79 bits per heavy atom. The molecule has 1 aromatic carbocycles. The van der Waals surface area contributed by atoms with E-state index in [1.54, 1.807) is 12.1 Å². The Morgan fingerprint density at radius 1 is 1.12 bits per heavy atom. The fourth-order valence-corrected chi connectivity index (χ4v) is 3.22. The Balaban J connectivity index is 1.96. The van der Waals surface area contributed by atoms with Crippen LogP contribution in [-0.2, 0) is 26.8 Å². The number of rotatable bonds is 7. The number of benzene rings is 1. The highest BCUT2D eigenvalue weighted by atomic mass is 32.2. The summed E-state index contributed by atoms with van der Waals surface area (Å²) in [6, 6.07) is 9.54. The fourth-order valence-electron chi connectivity index (χ4n) is 2.06. The van der Waals surface area contributed by atoms with E-state index in [2.05, 4.69) is 5.32 Å². The SMILES string of the molecule is CCc1ccc(NC(=O)CS(=O)(=O)Cc2ccc(C(=O)O)o2)cc1. The van der Waals surface area contributed by atoms with E-state index in [9.17, 15) is 18.0 Å². The maximum absolute atomic E-state index is 12.0. The zero-order chi connectivity index (χ0) is 17.7. The second-order valence-corrected chi connectivity index (χ2v) is 7.27. The molecule has 0 aliphatic carbocycles. The Labute approximate surface area is 139 Å². The molecule has 2 aromatic rings. The van der Waals surface area contributed by atoms with Gasteiger partial charge in [-0.2, -0.15) is 0 Å². The second-order valence-electron chi connectivity index (χ2n) is 5.20. The quantitative estimate of drug-likeness (QED) is 0.789. The first-order chi connectivity index (χ1) is 11.3. The molecule has 0 saturated heterocycles. The van der Waals surface area contributed by atoms with Crippen LogP contribution in [0.15, 0.2) is 40.8 Å². The van der Waals surface area contributed by atoms with Crippen molar-refractivity contribution in [3.63, 3.8) is 0 Å². The van der Waals surface area contributed by atoms with Crippen LogP contribution in [0.3, 0.4) is 0 Å². The van der Waals surface area contributed by atoms with E-state index < -0.39 is 33.2 Å². The normalized spacial score (nSPS) is 11.2. The van der Waals surface area contributed by atoms with Crippen LogP contribution in [0, 0.1) is 0 Å². The first-order valence-corrected chi connectivity index (χ1v) is 9.02. The fraction of sp³-hybridized carbons (Fsp3) is 0.250. The molecule has 1 aromatic heterocycles. The Bertz CT molecular complexity index is 836. The Kier molecular flexibility index (Phi) is 5.40. The number of hydrogen-bond acceptors (Lipinski definition) is 5. The van der Waals surface area contributed by atoms with Crippen LogP contribution in [0.2, 0.25) is 0 Å². The molecule has 8 heteroatoms. The molecule has 2 N–H and O–H groups in total. The topological polar surface area (TPSA) is 114 Å². The van der Waals surface area contributed by atoms with Gasteiger partial charge in [0.05, 0.1) is 0 Å². The standard InChI is InChI=1S/C16H17NO6S/c1-2-11-3-5-12(6-4-11)17-15(18)10-24(21,22)9-13-7-8-14(23-13)16(19)20/h3-8H,2,9-10H2,1H3,(H,17,18)(H,19,20). The van der Waals surface area contributed by atoms with E-state index in [-0.39, 0.29) is 11.5 Å². The highest BCUT2D eigenvalue weighted by molar-refractivity contribution is 7.91. The largest absolute Gasteiger partial charge is 0.475 e. The van der Waals surface area contributed by atoms with E-state index in [0.717, 1.165) is 12.0 Å². The third-order valence-corrected chi connectivity index (χ3v) is 4.66. The number of sulfone groups is 1. The molecule has 0 spiro atoms. The van der Waals surface area contributed by atoms with Gasteiger partial charge in [0.25, 0.3) is 0 Å². The minimum Gasteiger partial charge on any atom is -0.475 e. The number of nitrogens with one attached hydrogen (secondary N) is 1. The molecule has 128 valence electrons. The van der Waals surface area contributed by atoms with Crippen molar-refractivity contribution in [1.29, 1.82) is 0 Å². The summed E-state index contributed by atoms with van der Waals surface area (Å²) in [5, 5.41) is 11.3. The summed E-state index contributed by atoms with van der Waals surface area (Å²) >= 11 is 0. The Hall–Kier alpha value is -2.61. The lowest BCUT2D eigenvalue weighted by Gasteiger charge is -2.06. The van der Waals surface area contributed by atoms with Crippen molar-refractivity contribution < 1.29 is 27.5 Å². The van der Waals surface area contributed by atoms with Gasteiger partial charge in [-0.25, -0.2) is 13.2 Å². The predicted molar refractivity (Wildman–Crippen MR) is 87.6 cm³/mol. The second kappa shape index (κ2) is 7.31. The van der Waals surface area contributed by atoms with Gasteiger partial charge in [0, 0.05) is 5.69 Å². The summed E-state index contributed by atoms with van der Waals surface area (Å²) in [6.45, 7) is 2.00. The number of carbonyl (C=O) groups excluding carboxylic acids is 1. The average molecular weight is 351 g/mol. The van der Waals surface area contributed by atoms with Crippen LogP contribution >= 0.6 is 0 Å². The van der Waals surface area contributed by atoms with Gasteiger partial charge in [-0.3, -0.25) is 4.79 Å². The van der Waals surface area contributed by atoms with Crippen molar-refractivity contribution in [2.24, 2.45) is 0 Å². The summed E-state index contributed by atoms with van der Waals surface area (Å²) in [5.74, 6) is -3.57. The van der Waals surface area contributed by atoms with Crippen molar-refractivity contribution in [2.45, 2.75) is 19.1 Å². The van der Waals surface area contributed by atoms with Crippen molar-refractivity contribution in [3.8, 4) is 0 Å². The smallest absolute Gasteiger partial charge is 0.371 e. The van der Waals surface area contributed by atoms with Crippen LogP contribution in [0.5, 0.6) is 0 Å². The Morgan fingerprint density at radius 3 is 2.33 bits per heavy atom. The molecule has 0 atom stereocenters. The monoisotopic (exact) mass is 351 g/mol. The molecule has 2 rings (SSSR count). The number of carbonyl (C=O) groups is 2. The molecule has 0 bridgehead atoms. The van der Waals surface area contributed by atoms with Crippen LogP contribution in [0.4, 0.5) is 5.69 Å². The summed E-state index contributed by atoms with van der Waals surface area (Å²) in [4.78, 5) is 22.6. The lowest BCUT2D eigenvalue weighted by Crippen LogP contribution is -2.23. The van der Waals surface area contributed by atoms with E-state index >= 15 is 0 Å². The van der Waals surface area contributed by atoms with Gasteiger partial charge in [0.15, 0.2) is 9.84 Å². The van der Waals surface area contributed by atoms with Crippen molar-refractivity contribution >= 4 is 27.4 Å². The molecule has 0 radical (unpaired) electrons. The van der Waals surface area contributed by atoms with Gasteiger partial charge >= 0.3 is 5.97 Å². The molecule has 0 saturated carbocycles. The van der Waals surface area contributed by atoms with Gasteiger partial charge in [0.2, 0.25) is 11.7 Å². The number of aromatic carboxylic acids is 1. The van der Waals surface area contributed by atoms with Gasteiger partial charge in [-0.15, -0.1) is 0 Å². The number of hydrogen-bond donors (Lipinski definition) is 2. The minimum absolute atomic E-state index is 0.0208. The van der Waals surface area contributed by atoms with Crippen LogP contribution in [0.25, 0.3) is 0 Å². The minimum atomic E-state index is -3.78. The number of carboxylic acid groups (broad SMARTS) is 1. The molecular weight excluding hydrogens is 334 g/mol. The maximum Gasteiger partial charge on any atom is 0.371 e. The highest BCUT2D eigenvalue weighted by Crippen LogP contribution is 2.13. The van der Waals surface area contributed by atoms with Gasteiger partial charge in [0.1, 0.15) is 17.3 Å². The average Bonchev–Trinajstić information content (AvgIpc) is 2.95. The van der Waals surface area contributed by atoms with E-state index in [1.165, 1.54) is 12.1 Å².